The number of nitrogens with one attached hydrogen (secondary N) is 2. The molecule has 2 amide bonds. The number of nitrogens with zero attached hydrogens (tertiary/aromatic N) is 1. The molecule has 2 rings (SSSR count). The second-order valence-corrected chi connectivity index (χ2v) is 4.07. The van der Waals surface area contributed by atoms with E-state index in [1.165, 1.54) is 0 Å². The number of rotatable bonds is 3. The molecule has 1 aromatic heterocycles. The molecule has 4 N–H and O–H groups in total. The molecular formula is C10H14N4O2. The van der Waals surface area contributed by atoms with Crippen molar-refractivity contribution >= 4 is 17.6 Å². The molecule has 0 radical (unpaired) electrons. The first-order chi connectivity index (χ1) is 7.66. The van der Waals surface area contributed by atoms with Gasteiger partial charge in [-0.2, -0.15) is 5.10 Å². The second kappa shape index (κ2) is 4.34. The van der Waals surface area contributed by atoms with Crippen LogP contribution in [0.4, 0.5) is 5.82 Å². The normalized spacial score (nSPS) is 24.2. The number of aromatic amines is 1. The Labute approximate surface area is 92.6 Å². The molecular weight excluding hydrogens is 208 g/mol. The fourth-order valence-electron chi connectivity index (χ4n) is 2.04. The van der Waals surface area contributed by atoms with Crippen molar-refractivity contribution < 1.29 is 9.59 Å². The van der Waals surface area contributed by atoms with Gasteiger partial charge in [-0.3, -0.25) is 14.7 Å². The molecule has 0 saturated heterocycles. The van der Waals surface area contributed by atoms with E-state index in [-0.39, 0.29) is 23.7 Å². The minimum atomic E-state index is -0.308. The van der Waals surface area contributed by atoms with Crippen molar-refractivity contribution in [3.63, 3.8) is 0 Å². The van der Waals surface area contributed by atoms with Gasteiger partial charge in [-0.25, -0.2) is 0 Å². The number of hydrogen-bond donors (Lipinski definition) is 3. The first-order valence-corrected chi connectivity index (χ1v) is 5.26. The summed E-state index contributed by atoms with van der Waals surface area (Å²) in [5.74, 6) is -0.0873. The van der Waals surface area contributed by atoms with Crippen LogP contribution in [0.1, 0.15) is 19.3 Å². The van der Waals surface area contributed by atoms with Gasteiger partial charge in [-0.05, 0) is 19.3 Å². The number of hydrogen-bond acceptors (Lipinski definition) is 3. The van der Waals surface area contributed by atoms with Crippen LogP contribution in [0.25, 0.3) is 0 Å². The highest BCUT2D eigenvalue weighted by atomic mass is 16.2. The number of amides is 2. The van der Waals surface area contributed by atoms with Gasteiger partial charge in [0.05, 0.1) is 6.20 Å². The zero-order chi connectivity index (χ0) is 11.5. The molecule has 1 heterocycles. The van der Waals surface area contributed by atoms with E-state index >= 15 is 0 Å². The van der Waals surface area contributed by atoms with Gasteiger partial charge in [0.1, 0.15) is 5.82 Å². The Balaban J connectivity index is 1.90. The predicted octanol–water partition coefficient (Wildman–Crippen LogP) is 0.250. The van der Waals surface area contributed by atoms with Crippen molar-refractivity contribution in [2.24, 2.45) is 17.6 Å². The predicted molar refractivity (Wildman–Crippen MR) is 57.2 cm³/mol. The van der Waals surface area contributed by atoms with Crippen LogP contribution in [-0.2, 0) is 9.59 Å². The van der Waals surface area contributed by atoms with Crippen LogP contribution in [0.3, 0.4) is 0 Å². The summed E-state index contributed by atoms with van der Waals surface area (Å²) in [6.45, 7) is 0. The van der Waals surface area contributed by atoms with Crippen LogP contribution in [0, 0.1) is 11.8 Å². The third-order valence-corrected chi connectivity index (χ3v) is 2.96. The van der Waals surface area contributed by atoms with Gasteiger partial charge in [0.2, 0.25) is 11.8 Å². The topological polar surface area (TPSA) is 101 Å². The van der Waals surface area contributed by atoms with E-state index in [0.717, 1.165) is 0 Å². The zero-order valence-corrected chi connectivity index (χ0v) is 8.77. The van der Waals surface area contributed by atoms with Gasteiger partial charge < -0.3 is 11.1 Å². The maximum Gasteiger partial charge on any atom is 0.228 e. The number of carbonyl (C=O) groups is 2. The van der Waals surface area contributed by atoms with Crippen LogP contribution < -0.4 is 11.1 Å². The Morgan fingerprint density at radius 3 is 2.75 bits per heavy atom. The minimum absolute atomic E-state index is 0.0759. The van der Waals surface area contributed by atoms with E-state index in [4.69, 9.17) is 5.73 Å². The van der Waals surface area contributed by atoms with E-state index in [1.807, 2.05) is 0 Å². The zero-order valence-electron chi connectivity index (χ0n) is 8.77. The van der Waals surface area contributed by atoms with Crippen molar-refractivity contribution in [2.45, 2.75) is 19.3 Å². The quantitative estimate of drug-likeness (QED) is 0.683. The maximum atomic E-state index is 11.8. The van der Waals surface area contributed by atoms with Gasteiger partial charge in [0, 0.05) is 17.9 Å². The Morgan fingerprint density at radius 1 is 1.44 bits per heavy atom. The highest BCUT2D eigenvalue weighted by molar-refractivity contribution is 5.92. The summed E-state index contributed by atoms with van der Waals surface area (Å²) in [7, 11) is 0. The van der Waals surface area contributed by atoms with Crippen molar-refractivity contribution in [3.8, 4) is 0 Å². The molecule has 0 aliphatic heterocycles. The number of anilines is 1. The summed E-state index contributed by atoms with van der Waals surface area (Å²) in [4.78, 5) is 22.7. The van der Waals surface area contributed by atoms with Crippen molar-refractivity contribution in [2.75, 3.05) is 5.32 Å². The fraction of sp³-hybridized carbons (Fsp3) is 0.500. The summed E-state index contributed by atoms with van der Waals surface area (Å²) in [5.41, 5.74) is 5.21. The van der Waals surface area contributed by atoms with Gasteiger partial charge in [-0.15, -0.1) is 0 Å². The molecule has 16 heavy (non-hydrogen) atoms. The third-order valence-electron chi connectivity index (χ3n) is 2.96. The van der Waals surface area contributed by atoms with E-state index in [2.05, 4.69) is 15.5 Å². The molecule has 0 bridgehead atoms. The molecule has 1 aromatic rings. The first-order valence-electron chi connectivity index (χ1n) is 5.26. The summed E-state index contributed by atoms with van der Waals surface area (Å²) >= 11 is 0. The van der Waals surface area contributed by atoms with Crippen LogP contribution in [0.15, 0.2) is 12.3 Å². The largest absolute Gasteiger partial charge is 0.369 e. The number of aromatic nitrogens is 2. The molecule has 6 nitrogen and oxygen atoms in total. The molecule has 0 spiro atoms. The summed E-state index contributed by atoms with van der Waals surface area (Å²) in [5, 5.41) is 9.10. The van der Waals surface area contributed by atoms with Gasteiger partial charge in [-0.1, -0.05) is 0 Å². The van der Waals surface area contributed by atoms with Gasteiger partial charge >= 0.3 is 0 Å². The van der Waals surface area contributed by atoms with E-state index < -0.39 is 0 Å². The molecule has 1 aliphatic carbocycles. The van der Waals surface area contributed by atoms with Gasteiger partial charge in [0.25, 0.3) is 0 Å². The van der Waals surface area contributed by atoms with E-state index in [9.17, 15) is 9.59 Å². The lowest BCUT2D eigenvalue weighted by molar-refractivity contribution is -0.122. The second-order valence-electron chi connectivity index (χ2n) is 4.07. The highest BCUT2D eigenvalue weighted by Crippen LogP contribution is 2.31. The summed E-state index contributed by atoms with van der Waals surface area (Å²) < 4.78 is 0. The van der Waals surface area contributed by atoms with E-state index in [1.54, 1.807) is 12.3 Å². The molecule has 2 atom stereocenters. The maximum absolute atomic E-state index is 11.8. The molecule has 1 aliphatic rings. The number of carbonyl (C=O) groups excluding carboxylic acids is 2. The Hall–Kier alpha value is -1.85. The lowest BCUT2D eigenvalue weighted by Gasteiger charge is -2.09. The monoisotopic (exact) mass is 222 g/mol. The number of primary amides is 1. The Bertz CT molecular complexity index is 388. The van der Waals surface area contributed by atoms with E-state index in [0.29, 0.717) is 25.1 Å². The third kappa shape index (κ3) is 2.21. The van der Waals surface area contributed by atoms with Crippen molar-refractivity contribution in [3.05, 3.63) is 12.3 Å². The SMILES string of the molecule is NC(=O)C1CCC(C(=O)Nc2ccn[nH]2)C1. The van der Waals surface area contributed by atoms with Crippen LogP contribution in [-0.4, -0.2) is 22.0 Å². The smallest absolute Gasteiger partial charge is 0.228 e. The van der Waals surface area contributed by atoms with Crippen LogP contribution in [0.5, 0.6) is 0 Å². The summed E-state index contributed by atoms with van der Waals surface area (Å²) in [6, 6.07) is 1.68. The Morgan fingerprint density at radius 2 is 2.19 bits per heavy atom. The fourth-order valence-corrected chi connectivity index (χ4v) is 2.04. The molecule has 0 aromatic carbocycles. The molecule has 1 saturated carbocycles. The van der Waals surface area contributed by atoms with Crippen LogP contribution >= 0.6 is 0 Å². The Kier molecular flexibility index (Phi) is 2.89. The highest BCUT2D eigenvalue weighted by Gasteiger charge is 2.32. The molecule has 1 fully saturated rings. The lowest BCUT2D eigenvalue weighted by Crippen LogP contribution is -2.24. The lowest BCUT2D eigenvalue weighted by atomic mass is 10.0. The number of H-pyrrole nitrogens is 1. The van der Waals surface area contributed by atoms with Crippen molar-refractivity contribution in [1.82, 2.24) is 10.2 Å². The molecule has 6 heteroatoms. The average Bonchev–Trinajstić information content (AvgIpc) is 2.86. The minimum Gasteiger partial charge on any atom is -0.369 e. The van der Waals surface area contributed by atoms with Crippen molar-refractivity contribution in [1.29, 1.82) is 0 Å². The van der Waals surface area contributed by atoms with Crippen LogP contribution in [0.2, 0.25) is 0 Å². The van der Waals surface area contributed by atoms with Gasteiger partial charge in [0.15, 0.2) is 0 Å². The number of nitrogens with two attached hydrogens (primary N) is 1. The molecule has 2 unspecified atom stereocenters. The average molecular weight is 222 g/mol. The first kappa shape index (κ1) is 10.7. The summed E-state index contributed by atoms with van der Waals surface area (Å²) in [6.07, 6.45) is 3.54. The standard InChI is InChI=1S/C10H14N4O2/c11-9(15)6-1-2-7(5-6)10(16)13-8-3-4-12-14-8/h3-4,6-7H,1-2,5H2,(H2,11,15)(H2,12,13,14,16). The molecule has 86 valence electrons.